The van der Waals surface area contributed by atoms with Crippen molar-refractivity contribution in [2.24, 2.45) is 0 Å². The Morgan fingerprint density at radius 2 is 1.95 bits per heavy atom. The summed E-state index contributed by atoms with van der Waals surface area (Å²) in [5.74, 6) is -0.586. The fraction of sp³-hybridized carbons (Fsp3) is 0.375. The van der Waals surface area contributed by atoms with Gasteiger partial charge >= 0.3 is 5.97 Å². The summed E-state index contributed by atoms with van der Waals surface area (Å²) in [6.07, 6.45) is 3.27. The molecular formula is C16H21NO4. The van der Waals surface area contributed by atoms with Crippen LogP contribution >= 0.6 is 0 Å². The van der Waals surface area contributed by atoms with E-state index in [9.17, 15) is 9.59 Å². The number of benzene rings is 1. The van der Waals surface area contributed by atoms with Crippen LogP contribution in [0.2, 0.25) is 0 Å². The number of rotatable bonds is 8. The predicted molar refractivity (Wildman–Crippen MR) is 80.4 cm³/mol. The maximum absolute atomic E-state index is 12.1. The highest BCUT2D eigenvalue weighted by Gasteiger charge is 2.12. The van der Waals surface area contributed by atoms with Gasteiger partial charge in [0, 0.05) is 19.2 Å². The van der Waals surface area contributed by atoms with Gasteiger partial charge in [-0.25, -0.2) is 0 Å². The van der Waals surface area contributed by atoms with E-state index in [4.69, 9.17) is 9.84 Å². The molecule has 0 spiro atoms. The quantitative estimate of drug-likeness (QED) is 0.582. The first-order valence-electron chi connectivity index (χ1n) is 6.96. The standard InChI is InChI=1S/C16H21NO4/c1-2-21-16(20)10-11-17(12-13-18)15(19)9-8-14-6-4-3-5-7-14/h3-9,18H,2,10-13H2,1H3/b9-8+. The Labute approximate surface area is 124 Å². The summed E-state index contributed by atoms with van der Waals surface area (Å²) >= 11 is 0. The Morgan fingerprint density at radius 1 is 1.24 bits per heavy atom. The number of hydrogen-bond acceptors (Lipinski definition) is 4. The summed E-state index contributed by atoms with van der Waals surface area (Å²) in [4.78, 5) is 24.8. The Hall–Kier alpha value is -2.14. The van der Waals surface area contributed by atoms with Gasteiger partial charge in [-0.3, -0.25) is 9.59 Å². The van der Waals surface area contributed by atoms with Crippen molar-refractivity contribution in [2.45, 2.75) is 13.3 Å². The van der Waals surface area contributed by atoms with E-state index in [1.165, 1.54) is 11.0 Å². The van der Waals surface area contributed by atoms with Crippen LogP contribution in [0, 0.1) is 0 Å². The lowest BCUT2D eigenvalue weighted by Crippen LogP contribution is -2.34. The van der Waals surface area contributed by atoms with Crippen LogP contribution in [0.5, 0.6) is 0 Å². The van der Waals surface area contributed by atoms with Gasteiger partial charge < -0.3 is 14.7 Å². The van der Waals surface area contributed by atoms with E-state index < -0.39 is 0 Å². The van der Waals surface area contributed by atoms with E-state index in [1.54, 1.807) is 13.0 Å². The molecule has 1 rings (SSSR count). The molecule has 5 nitrogen and oxygen atoms in total. The molecule has 21 heavy (non-hydrogen) atoms. The largest absolute Gasteiger partial charge is 0.466 e. The first-order valence-corrected chi connectivity index (χ1v) is 6.96. The smallest absolute Gasteiger partial charge is 0.307 e. The van der Waals surface area contributed by atoms with Crippen molar-refractivity contribution in [2.75, 3.05) is 26.3 Å². The van der Waals surface area contributed by atoms with E-state index >= 15 is 0 Å². The Morgan fingerprint density at radius 3 is 2.57 bits per heavy atom. The van der Waals surface area contributed by atoms with Gasteiger partial charge in [-0.1, -0.05) is 30.3 Å². The molecule has 0 unspecified atom stereocenters. The van der Waals surface area contributed by atoms with Gasteiger partial charge in [-0.2, -0.15) is 0 Å². The highest BCUT2D eigenvalue weighted by atomic mass is 16.5. The van der Waals surface area contributed by atoms with Crippen molar-refractivity contribution < 1.29 is 19.4 Å². The van der Waals surface area contributed by atoms with Crippen LogP contribution in [0.25, 0.3) is 6.08 Å². The van der Waals surface area contributed by atoms with Crippen molar-refractivity contribution in [1.82, 2.24) is 4.90 Å². The van der Waals surface area contributed by atoms with E-state index in [-0.39, 0.29) is 38.0 Å². The van der Waals surface area contributed by atoms with Gasteiger partial charge in [-0.05, 0) is 18.6 Å². The third-order valence-corrected chi connectivity index (χ3v) is 2.79. The summed E-state index contributed by atoms with van der Waals surface area (Å²) in [5.41, 5.74) is 0.917. The van der Waals surface area contributed by atoms with Crippen LogP contribution in [-0.4, -0.2) is 48.2 Å². The molecule has 114 valence electrons. The second-order valence-corrected chi connectivity index (χ2v) is 4.35. The van der Waals surface area contributed by atoms with Crippen LogP contribution < -0.4 is 0 Å². The zero-order valence-corrected chi connectivity index (χ0v) is 12.2. The summed E-state index contributed by atoms with van der Waals surface area (Å²) in [7, 11) is 0. The monoisotopic (exact) mass is 291 g/mol. The Bertz CT molecular complexity index is 470. The highest BCUT2D eigenvalue weighted by molar-refractivity contribution is 5.92. The predicted octanol–water partition coefficient (Wildman–Crippen LogP) is 1.47. The topological polar surface area (TPSA) is 66.8 Å². The molecule has 0 saturated carbocycles. The van der Waals surface area contributed by atoms with Gasteiger partial charge in [-0.15, -0.1) is 0 Å². The lowest BCUT2D eigenvalue weighted by atomic mass is 10.2. The lowest BCUT2D eigenvalue weighted by molar-refractivity contribution is -0.143. The molecule has 5 heteroatoms. The zero-order valence-electron chi connectivity index (χ0n) is 12.2. The van der Waals surface area contributed by atoms with Crippen molar-refractivity contribution >= 4 is 18.0 Å². The van der Waals surface area contributed by atoms with Crippen LogP contribution in [0.15, 0.2) is 36.4 Å². The minimum atomic E-state index is -0.347. The number of aliphatic hydroxyl groups excluding tert-OH is 1. The first kappa shape index (κ1) is 16.9. The summed E-state index contributed by atoms with van der Waals surface area (Å²) in [6.45, 7) is 2.33. The molecule has 1 aromatic rings. The number of carbonyl (C=O) groups excluding carboxylic acids is 2. The molecular weight excluding hydrogens is 270 g/mol. The number of ether oxygens (including phenoxy) is 1. The number of esters is 1. The van der Waals surface area contributed by atoms with Crippen LogP contribution in [0.1, 0.15) is 18.9 Å². The van der Waals surface area contributed by atoms with Gasteiger partial charge in [0.05, 0.1) is 19.6 Å². The Balaban J connectivity index is 2.56. The number of amides is 1. The molecule has 1 amide bonds. The third-order valence-electron chi connectivity index (χ3n) is 2.79. The van der Waals surface area contributed by atoms with Gasteiger partial charge in [0.1, 0.15) is 0 Å². The SMILES string of the molecule is CCOC(=O)CCN(CCO)C(=O)/C=C/c1ccccc1. The molecule has 0 radical (unpaired) electrons. The van der Waals surface area contributed by atoms with Crippen molar-refractivity contribution in [3.05, 3.63) is 42.0 Å². The van der Waals surface area contributed by atoms with E-state index in [2.05, 4.69) is 0 Å². The first-order chi connectivity index (χ1) is 10.2. The maximum atomic E-state index is 12.1. The molecule has 0 aliphatic heterocycles. The third kappa shape index (κ3) is 6.72. The Kier molecular flexibility index (Phi) is 7.82. The molecule has 0 saturated heterocycles. The molecule has 0 aliphatic rings. The lowest BCUT2D eigenvalue weighted by Gasteiger charge is -2.19. The van der Waals surface area contributed by atoms with E-state index in [0.717, 1.165) is 5.56 Å². The molecule has 1 N–H and O–H groups in total. The second kappa shape index (κ2) is 9.72. The zero-order chi connectivity index (χ0) is 15.5. The van der Waals surface area contributed by atoms with E-state index in [1.807, 2.05) is 30.3 Å². The average molecular weight is 291 g/mol. The molecule has 0 aliphatic carbocycles. The van der Waals surface area contributed by atoms with Crippen molar-refractivity contribution in [3.63, 3.8) is 0 Å². The molecule has 0 atom stereocenters. The molecule has 0 heterocycles. The van der Waals surface area contributed by atoms with Gasteiger partial charge in [0.25, 0.3) is 0 Å². The van der Waals surface area contributed by atoms with Crippen LogP contribution in [0.3, 0.4) is 0 Å². The van der Waals surface area contributed by atoms with Crippen LogP contribution in [-0.2, 0) is 14.3 Å². The number of carbonyl (C=O) groups is 2. The van der Waals surface area contributed by atoms with Crippen LogP contribution in [0.4, 0.5) is 0 Å². The number of nitrogens with zero attached hydrogens (tertiary/aromatic N) is 1. The van der Waals surface area contributed by atoms with E-state index in [0.29, 0.717) is 6.61 Å². The fourth-order valence-corrected chi connectivity index (χ4v) is 1.75. The molecule has 0 fully saturated rings. The number of hydrogen-bond donors (Lipinski definition) is 1. The average Bonchev–Trinajstić information content (AvgIpc) is 2.50. The highest BCUT2D eigenvalue weighted by Crippen LogP contribution is 2.03. The second-order valence-electron chi connectivity index (χ2n) is 4.35. The van der Waals surface area contributed by atoms with Gasteiger partial charge in [0.15, 0.2) is 0 Å². The minimum Gasteiger partial charge on any atom is -0.466 e. The van der Waals surface area contributed by atoms with Crippen molar-refractivity contribution in [1.29, 1.82) is 0 Å². The molecule has 0 bridgehead atoms. The summed E-state index contributed by atoms with van der Waals surface area (Å²) in [6, 6.07) is 9.45. The van der Waals surface area contributed by atoms with Crippen molar-refractivity contribution in [3.8, 4) is 0 Å². The number of aliphatic hydroxyl groups is 1. The molecule has 0 aromatic heterocycles. The summed E-state index contributed by atoms with van der Waals surface area (Å²) in [5, 5.41) is 9.01. The van der Waals surface area contributed by atoms with Gasteiger partial charge in [0.2, 0.25) is 5.91 Å². The molecule has 1 aromatic carbocycles. The fourth-order valence-electron chi connectivity index (χ4n) is 1.75. The normalized spacial score (nSPS) is 10.6. The summed E-state index contributed by atoms with van der Waals surface area (Å²) < 4.78 is 4.82. The maximum Gasteiger partial charge on any atom is 0.307 e. The minimum absolute atomic E-state index is 0.124.